The topological polar surface area (TPSA) is 28.2 Å². The number of aryl methyl sites for hydroxylation is 2. The van der Waals surface area contributed by atoms with Crippen molar-refractivity contribution in [1.82, 2.24) is 9.88 Å². The molecular weight excluding hydrogens is 230 g/mol. The van der Waals surface area contributed by atoms with Gasteiger partial charge in [-0.2, -0.15) is 0 Å². The van der Waals surface area contributed by atoms with Crippen molar-refractivity contribution in [3.63, 3.8) is 0 Å². The summed E-state index contributed by atoms with van der Waals surface area (Å²) in [4.78, 5) is 8.53. The summed E-state index contributed by atoms with van der Waals surface area (Å²) in [7, 11) is 0. The van der Waals surface area contributed by atoms with Gasteiger partial charge < -0.3 is 10.2 Å². The molecule has 0 spiro atoms. The fourth-order valence-electron chi connectivity index (χ4n) is 2.58. The Morgan fingerprint density at radius 3 is 2.82 bits per heavy atom. The Bertz CT molecular complexity index is 378. The SMILES string of the molecule is Cc1nc(NCC2CCN(C3CC3)C2)sc1C. The van der Waals surface area contributed by atoms with Crippen LogP contribution in [0.15, 0.2) is 0 Å². The fraction of sp³-hybridized carbons (Fsp3) is 0.769. The molecule has 1 saturated carbocycles. The highest BCUT2D eigenvalue weighted by atomic mass is 32.1. The minimum Gasteiger partial charge on any atom is -0.361 e. The van der Waals surface area contributed by atoms with Crippen LogP contribution in [0.1, 0.15) is 29.8 Å². The summed E-state index contributed by atoms with van der Waals surface area (Å²) in [5.41, 5.74) is 1.17. The van der Waals surface area contributed by atoms with Gasteiger partial charge in [-0.15, -0.1) is 11.3 Å². The molecule has 1 atom stereocenters. The van der Waals surface area contributed by atoms with Crippen molar-refractivity contribution in [3.8, 4) is 0 Å². The molecule has 17 heavy (non-hydrogen) atoms. The lowest BCUT2D eigenvalue weighted by atomic mass is 10.1. The summed E-state index contributed by atoms with van der Waals surface area (Å²) in [6.45, 7) is 7.92. The molecule has 0 amide bonds. The van der Waals surface area contributed by atoms with Crippen molar-refractivity contribution in [2.24, 2.45) is 5.92 Å². The minimum absolute atomic E-state index is 0.820. The lowest BCUT2D eigenvalue weighted by molar-refractivity contribution is 0.316. The van der Waals surface area contributed by atoms with Crippen molar-refractivity contribution in [3.05, 3.63) is 10.6 Å². The van der Waals surface area contributed by atoms with Gasteiger partial charge in [-0.05, 0) is 45.6 Å². The second kappa shape index (κ2) is 4.58. The molecule has 1 aromatic rings. The largest absolute Gasteiger partial charge is 0.361 e. The van der Waals surface area contributed by atoms with Crippen LogP contribution in [0.25, 0.3) is 0 Å². The first kappa shape index (κ1) is 11.5. The Balaban J connectivity index is 1.48. The van der Waals surface area contributed by atoms with Gasteiger partial charge in [0.15, 0.2) is 5.13 Å². The van der Waals surface area contributed by atoms with Gasteiger partial charge >= 0.3 is 0 Å². The van der Waals surface area contributed by atoms with Crippen LogP contribution >= 0.6 is 11.3 Å². The highest BCUT2D eigenvalue weighted by molar-refractivity contribution is 7.15. The molecule has 1 saturated heterocycles. The van der Waals surface area contributed by atoms with E-state index >= 15 is 0 Å². The zero-order chi connectivity index (χ0) is 11.8. The van der Waals surface area contributed by atoms with Crippen LogP contribution in [0, 0.1) is 19.8 Å². The standard InChI is InChI=1S/C13H21N3S/c1-9-10(2)17-13(15-9)14-7-11-5-6-16(8-11)12-3-4-12/h11-12H,3-8H2,1-2H3,(H,14,15). The summed E-state index contributed by atoms with van der Waals surface area (Å²) in [6.07, 6.45) is 4.23. The molecule has 2 aliphatic rings. The molecule has 1 unspecified atom stereocenters. The third kappa shape index (κ3) is 2.63. The molecule has 1 aromatic heterocycles. The zero-order valence-corrected chi connectivity index (χ0v) is 11.5. The van der Waals surface area contributed by atoms with Crippen molar-refractivity contribution in [2.75, 3.05) is 25.0 Å². The van der Waals surface area contributed by atoms with Crippen molar-refractivity contribution < 1.29 is 0 Å². The Morgan fingerprint density at radius 1 is 1.35 bits per heavy atom. The third-order valence-corrected chi connectivity index (χ3v) is 4.98. The van der Waals surface area contributed by atoms with E-state index in [1.54, 1.807) is 11.3 Å². The maximum atomic E-state index is 4.53. The van der Waals surface area contributed by atoms with E-state index < -0.39 is 0 Å². The van der Waals surface area contributed by atoms with E-state index in [0.717, 1.165) is 23.6 Å². The number of rotatable bonds is 4. The molecule has 1 aliphatic heterocycles. The van der Waals surface area contributed by atoms with Crippen LogP contribution in [-0.2, 0) is 0 Å². The summed E-state index contributed by atoms with van der Waals surface area (Å²) in [6, 6.07) is 0.935. The first-order valence-electron chi connectivity index (χ1n) is 6.64. The summed E-state index contributed by atoms with van der Waals surface area (Å²) in [5, 5.41) is 4.61. The molecule has 0 bridgehead atoms. The first-order chi connectivity index (χ1) is 8.22. The molecule has 0 radical (unpaired) electrons. The minimum atomic E-state index is 0.820. The Kier molecular flexibility index (Phi) is 3.09. The van der Waals surface area contributed by atoms with Crippen molar-refractivity contribution in [2.45, 2.75) is 39.2 Å². The lowest BCUT2D eigenvalue weighted by Gasteiger charge is -2.14. The van der Waals surface area contributed by atoms with Gasteiger partial charge in [-0.1, -0.05) is 0 Å². The number of nitrogens with one attached hydrogen (secondary N) is 1. The van der Waals surface area contributed by atoms with Crippen LogP contribution in [0.3, 0.4) is 0 Å². The maximum absolute atomic E-state index is 4.53. The van der Waals surface area contributed by atoms with Gasteiger partial charge in [0.2, 0.25) is 0 Å². The molecule has 1 aliphatic carbocycles. The second-order valence-electron chi connectivity index (χ2n) is 5.42. The van der Waals surface area contributed by atoms with Gasteiger partial charge in [-0.25, -0.2) is 4.98 Å². The maximum Gasteiger partial charge on any atom is 0.183 e. The number of likely N-dealkylation sites (tertiary alicyclic amines) is 1. The van der Waals surface area contributed by atoms with E-state index in [0.29, 0.717) is 0 Å². The smallest absolute Gasteiger partial charge is 0.183 e. The predicted octanol–water partition coefficient (Wildman–Crippen LogP) is 2.66. The van der Waals surface area contributed by atoms with E-state index in [1.807, 2.05) is 0 Å². The summed E-state index contributed by atoms with van der Waals surface area (Å²) < 4.78 is 0. The van der Waals surface area contributed by atoms with Crippen LogP contribution in [0.5, 0.6) is 0 Å². The number of anilines is 1. The number of hydrogen-bond donors (Lipinski definition) is 1. The fourth-order valence-corrected chi connectivity index (χ4v) is 3.40. The molecule has 0 aromatic carbocycles. The van der Waals surface area contributed by atoms with Crippen molar-refractivity contribution >= 4 is 16.5 Å². The average molecular weight is 251 g/mol. The Morgan fingerprint density at radius 2 is 2.18 bits per heavy atom. The molecule has 3 nitrogen and oxygen atoms in total. The predicted molar refractivity (Wildman–Crippen MR) is 72.8 cm³/mol. The number of thiazole rings is 1. The highest BCUT2D eigenvalue weighted by Crippen LogP contribution is 2.32. The van der Waals surface area contributed by atoms with Crippen molar-refractivity contribution in [1.29, 1.82) is 0 Å². The van der Waals surface area contributed by atoms with E-state index in [2.05, 4.69) is 29.0 Å². The summed E-state index contributed by atoms with van der Waals surface area (Å²) in [5.74, 6) is 0.820. The van der Waals surface area contributed by atoms with E-state index in [1.165, 1.54) is 42.9 Å². The molecule has 2 heterocycles. The van der Waals surface area contributed by atoms with E-state index in [-0.39, 0.29) is 0 Å². The summed E-state index contributed by atoms with van der Waals surface area (Å²) >= 11 is 1.78. The molecule has 2 fully saturated rings. The lowest BCUT2D eigenvalue weighted by Crippen LogP contribution is -2.24. The van der Waals surface area contributed by atoms with E-state index in [9.17, 15) is 0 Å². The number of aromatic nitrogens is 1. The molecule has 4 heteroatoms. The Hall–Kier alpha value is -0.610. The van der Waals surface area contributed by atoms with Gasteiger partial charge in [0.05, 0.1) is 5.69 Å². The highest BCUT2D eigenvalue weighted by Gasteiger charge is 2.34. The van der Waals surface area contributed by atoms with Gasteiger partial charge in [0, 0.05) is 24.0 Å². The monoisotopic (exact) mass is 251 g/mol. The van der Waals surface area contributed by atoms with E-state index in [4.69, 9.17) is 0 Å². The molecule has 1 N–H and O–H groups in total. The van der Waals surface area contributed by atoms with Gasteiger partial charge in [-0.3, -0.25) is 0 Å². The molecular formula is C13H21N3S. The second-order valence-corrected chi connectivity index (χ2v) is 6.63. The normalized spacial score (nSPS) is 25.4. The van der Waals surface area contributed by atoms with Crippen LogP contribution in [-0.4, -0.2) is 35.6 Å². The zero-order valence-electron chi connectivity index (χ0n) is 10.7. The van der Waals surface area contributed by atoms with Gasteiger partial charge in [0.25, 0.3) is 0 Å². The molecule has 3 rings (SSSR count). The van der Waals surface area contributed by atoms with Gasteiger partial charge in [0.1, 0.15) is 0 Å². The number of nitrogens with zero attached hydrogens (tertiary/aromatic N) is 2. The Labute approximate surface area is 107 Å². The quantitative estimate of drug-likeness (QED) is 0.891. The third-order valence-electron chi connectivity index (χ3n) is 3.95. The number of hydrogen-bond acceptors (Lipinski definition) is 4. The average Bonchev–Trinajstić information content (AvgIpc) is 2.96. The first-order valence-corrected chi connectivity index (χ1v) is 7.46. The molecule has 94 valence electrons. The van der Waals surface area contributed by atoms with Crippen LogP contribution in [0.2, 0.25) is 0 Å². The van der Waals surface area contributed by atoms with Crippen LogP contribution in [0.4, 0.5) is 5.13 Å². The van der Waals surface area contributed by atoms with Crippen LogP contribution < -0.4 is 5.32 Å².